The number of aromatic nitrogens is 1. The predicted molar refractivity (Wildman–Crippen MR) is 63.7 cm³/mol. The molecule has 1 aliphatic rings. The molecule has 0 aliphatic carbocycles. The predicted octanol–water partition coefficient (Wildman–Crippen LogP) is -0.143. The maximum Gasteiger partial charge on any atom is 0.305 e. The first-order chi connectivity index (χ1) is 8.63. The van der Waals surface area contributed by atoms with Crippen LogP contribution in [0.5, 0.6) is 0 Å². The van der Waals surface area contributed by atoms with Crippen molar-refractivity contribution in [2.24, 2.45) is 0 Å². The summed E-state index contributed by atoms with van der Waals surface area (Å²) in [7, 11) is 0. The largest absolute Gasteiger partial charge is 0.481 e. The number of aliphatic carboxylic acids is 1. The van der Waals surface area contributed by atoms with Crippen molar-refractivity contribution in [3.63, 3.8) is 0 Å². The second kappa shape index (κ2) is 5.59. The Bertz CT molecular complexity index is 433. The van der Waals surface area contributed by atoms with Crippen LogP contribution >= 0.6 is 0 Å². The molecular formula is C12H15N3O3. The van der Waals surface area contributed by atoms with Gasteiger partial charge in [-0.25, -0.2) is 0 Å². The Labute approximate surface area is 105 Å². The Morgan fingerprint density at radius 3 is 3.06 bits per heavy atom. The van der Waals surface area contributed by atoms with Crippen LogP contribution in [0.1, 0.15) is 12.1 Å². The number of carboxylic acid groups (broad SMARTS) is 1. The minimum atomic E-state index is -0.903. The Morgan fingerprint density at radius 2 is 2.39 bits per heavy atom. The van der Waals surface area contributed by atoms with Gasteiger partial charge in [0, 0.05) is 19.3 Å². The summed E-state index contributed by atoms with van der Waals surface area (Å²) in [6.07, 6.45) is 1.65. The van der Waals surface area contributed by atoms with Gasteiger partial charge >= 0.3 is 5.97 Å². The van der Waals surface area contributed by atoms with E-state index in [9.17, 15) is 9.59 Å². The number of rotatable bonds is 4. The molecule has 1 aliphatic heterocycles. The number of carbonyl (C=O) groups excluding carboxylic acids is 1. The summed E-state index contributed by atoms with van der Waals surface area (Å²) >= 11 is 0. The molecule has 18 heavy (non-hydrogen) atoms. The van der Waals surface area contributed by atoms with Crippen LogP contribution in [-0.2, 0) is 16.1 Å². The maximum absolute atomic E-state index is 11.5. The van der Waals surface area contributed by atoms with Crippen molar-refractivity contribution >= 4 is 11.9 Å². The van der Waals surface area contributed by atoms with Gasteiger partial charge in [0.25, 0.3) is 0 Å². The molecule has 6 nitrogen and oxygen atoms in total. The highest BCUT2D eigenvalue weighted by atomic mass is 16.4. The minimum absolute atomic E-state index is 0.0511. The number of hydrogen-bond acceptors (Lipinski definition) is 4. The molecule has 0 radical (unpaired) electrons. The average Bonchev–Trinajstić information content (AvgIpc) is 2.28. The number of carbonyl (C=O) groups is 2. The summed E-state index contributed by atoms with van der Waals surface area (Å²) in [5.41, 5.74) is 0.876. The number of carboxylic acids is 1. The van der Waals surface area contributed by atoms with Gasteiger partial charge in [-0.1, -0.05) is 6.07 Å². The van der Waals surface area contributed by atoms with Crippen molar-refractivity contribution in [2.45, 2.75) is 19.0 Å². The Balaban J connectivity index is 1.96. The summed E-state index contributed by atoms with van der Waals surface area (Å²) < 4.78 is 0. The number of piperazine rings is 1. The van der Waals surface area contributed by atoms with Crippen molar-refractivity contribution in [3.8, 4) is 0 Å². The van der Waals surface area contributed by atoms with Gasteiger partial charge in [-0.15, -0.1) is 0 Å². The third kappa shape index (κ3) is 3.53. The van der Waals surface area contributed by atoms with Gasteiger partial charge in [0.15, 0.2) is 0 Å². The molecule has 1 fully saturated rings. The topological polar surface area (TPSA) is 82.5 Å². The van der Waals surface area contributed by atoms with Crippen LogP contribution < -0.4 is 5.32 Å². The summed E-state index contributed by atoms with van der Waals surface area (Å²) in [6.45, 7) is 1.38. The van der Waals surface area contributed by atoms with Crippen molar-refractivity contribution < 1.29 is 14.7 Å². The lowest BCUT2D eigenvalue weighted by Gasteiger charge is -2.32. The monoisotopic (exact) mass is 249 g/mol. The number of nitrogens with one attached hydrogen (secondary N) is 1. The smallest absolute Gasteiger partial charge is 0.305 e. The molecule has 2 N–H and O–H groups in total. The molecule has 1 aromatic rings. The Kier molecular flexibility index (Phi) is 3.88. The number of hydrogen-bond donors (Lipinski definition) is 2. The molecule has 2 heterocycles. The molecule has 0 saturated carbocycles. The van der Waals surface area contributed by atoms with E-state index in [0.29, 0.717) is 13.1 Å². The van der Waals surface area contributed by atoms with Crippen LogP contribution in [0.25, 0.3) is 0 Å². The number of pyridine rings is 1. The molecule has 0 aromatic carbocycles. The van der Waals surface area contributed by atoms with Gasteiger partial charge in [0.1, 0.15) is 0 Å². The maximum atomic E-state index is 11.5. The van der Waals surface area contributed by atoms with Gasteiger partial charge in [-0.05, 0) is 12.1 Å². The molecular weight excluding hydrogens is 234 g/mol. The van der Waals surface area contributed by atoms with E-state index in [2.05, 4.69) is 10.3 Å². The fraction of sp³-hybridized carbons (Fsp3) is 0.417. The van der Waals surface area contributed by atoms with E-state index in [1.165, 1.54) is 0 Å². The number of nitrogens with zero attached hydrogens (tertiary/aromatic N) is 2. The van der Waals surface area contributed by atoms with Crippen LogP contribution in [0, 0.1) is 0 Å². The fourth-order valence-corrected chi connectivity index (χ4v) is 2.07. The first kappa shape index (κ1) is 12.5. The number of amides is 1. The lowest BCUT2D eigenvalue weighted by Crippen LogP contribution is -2.54. The normalized spacial score (nSPS) is 20.4. The third-order valence-corrected chi connectivity index (χ3v) is 2.74. The molecule has 6 heteroatoms. The molecule has 1 unspecified atom stereocenters. The Morgan fingerprint density at radius 1 is 1.56 bits per heavy atom. The van der Waals surface area contributed by atoms with Crippen LogP contribution in [0.2, 0.25) is 0 Å². The highest BCUT2D eigenvalue weighted by molar-refractivity contribution is 5.80. The summed E-state index contributed by atoms with van der Waals surface area (Å²) in [4.78, 5) is 28.3. The second-order valence-corrected chi connectivity index (χ2v) is 4.35. The SMILES string of the molecule is O=C(O)CC1CN(Cc2ccccn2)CC(=O)N1. The molecule has 1 amide bonds. The van der Waals surface area contributed by atoms with Gasteiger partial charge in [0.05, 0.1) is 24.7 Å². The van der Waals surface area contributed by atoms with Gasteiger partial charge in [0.2, 0.25) is 5.91 Å². The van der Waals surface area contributed by atoms with Crippen LogP contribution in [0.15, 0.2) is 24.4 Å². The zero-order chi connectivity index (χ0) is 13.0. The summed E-state index contributed by atoms with van der Waals surface area (Å²) in [5, 5.41) is 11.4. The van der Waals surface area contributed by atoms with Gasteiger partial charge < -0.3 is 10.4 Å². The van der Waals surface area contributed by atoms with Crippen LogP contribution in [0.3, 0.4) is 0 Å². The van der Waals surface area contributed by atoms with E-state index in [1.54, 1.807) is 6.20 Å². The lowest BCUT2D eigenvalue weighted by molar-refractivity contribution is -0.138. The lowest BCUT2D eigenvalue weighted by atomic mass is 10.1. The Hall–Kier alpha value is -1.95. The molecule has 1 aromatic heterocycles. The first-order valence-corrected chi connectivity index (χ1v) is 5.77. The molecule has 0 spiro atoms. The highest BCUT2D eigenvalue weighted by Gasteiger charge is 2.26. The van der Waals surface area contributed by atoms with Gasteiger partial charge in [-0.3, -0.25) is 19.5 Å². The van der Waals surface area contributed by atoms with Crippen molar-refractivity contribution in [2.75, 3.05) is 13.1 Å². The van der Waals surface area contributed by atoms with Crippen LogP contribution in [-0.4, -0.2) is 46.0 Å². The van der Waals surface area contributed by atoms with Crippen molar-refractivity contribution in [1.29, 1.82) is 0 Å². The second-order valence-electron chi connectivity index (χ2n) is 4.35. The first-order valence-electron chi connectivity index (χ1n) is 5.77. The zero-order valence-electron chi connectivity index (χ0n) is 9.87. The standard InChI is InChI=1S/C12H15N3O3/c16-11-8-15(6-9-3-1-2-4-13-9)7-10(14-11)5-12(17)18/h1-4,10H,5-8H2,(H,14,16)(H,17,18). The summed E-state index contributed by atoms with van der Waals surface area (Å²) in [5.74, 6) is -1.04. The minimum Gasteiger partial charge on any atom is -0.481 e. The van der Waals surface area contributed by atoms with Crippen molar-refractivity contribution in [3.05, 3.63) is 30.1 Å². The van der Waals surface area contributed by atoms with E-state index in [4.69, 9.17) is 5.11 Å². The van der Waals surface area contributed by atoms with E-state index in [1.807, 2.05) is 23.1 Å². The molecule has 0 bridgehead atoms. The molecule has 1 atom stereocenters. The molecule has 1 saturated heterocycles. The van der Waals surface area contributed by atoms with E-state index in [0.717, 1.165) is 5.69 Å². The van der Waals surface area contributed by atoms with E-state index < -0.39 is 5.97 Å². The van der Waals surface area contributed by atoms with Crippen LogP contribution in [0.4, 0.5) is 0 Å². The zero-order valence-corrected chi connectivity index (χ0v) is 9.87. The van der Waals surface area contributed by atoms with Gasteiger partial charge in [-0.2, -0.15) is 0 Å². The fourth-order valence-electron chi connectivity index (χ4n) is 2.07. The van der Waals surface area contributed by atoms with E-state index in [-0.39, 0.29) is 24.9 Å². The molecule has 2 rings (SSSR count). The van der Waals surface area contributed by atoms with Crippen molar-refractivity contribution in [1.82, 2.24) is 15.2 Å². The van der Waals surface area contributed by atoms with E-state index >= 15 is 0 Å². The quantitative estimate of drug-likeness (QED) is 0.776. The third-order valence-electron chi connectivity index (χ3n) is 2.74. The highest BCUT2D eigenvalue weighted by Crippen LogP contribution is 2.08. The molecule has 96 valence electrons. The average molecular weight is 249 g/mol. The summed E-state index contributed by atoms with van der Waals surface area (Å²) in [6, 6.07) is 5.28.